The van der Waals surface area contributed by atoms with Crippen LogP contribution in [0, 0.1) is 5.92 Å². The third kappa shape index (κ3) is 2.27. The van der Waals surface area contributed by atoms with Crippen LogP contribution in [0.15, 0.2) is 18.2 Å². The van der Waals surface area contributed by atoms with E-state index in [9.17, 15) is 9.90 Å². The van der Waals surface area contributed by atoms with Crippen molar-refractivity contribution in [2.24, 2.45) is 5.92 Å². The molecule has 0 saturated heterocycles. The van der Waals surface area contributed by atoms with E-state index in [1.165, 1.54) is 24.0 Å². The average molecular weight is 230 g/mol. The zero-order valence-corrected chi connectivity index (χ0v) is 9.98. The molecule has 1 fully saturated rings. The first-order valence-electron chi connectivity index (χ1n) is 6.55. The van der Waals surface area contributed by atoms with Gasteiger partial charge in [-0.3, -0.25) is 4.79 Å². The number of aryl methyl sites for hydroxylation is 2. The molecule has 1 saturated carbocycles. The quantitative estimate of drug-likeness (QED) is 0.859. The van der Waals surface area contributed by atoms with Crippen molar-refractivity contribution in [3.63, 3.8) is 0 Å². The maximum absolute atomic E-state index is 11.8. The van der Waals surface area contributed by atoms with E-state index in [4.69, 9.17) is 0 Å². The molecule has 2 aliphatic rings. The molecule has 1 aromatic rings. The van der Waals surface area contributed by atoms with Crippen molar-refractivity contribution in [3.8, 4) is 0 Å². The topological polar surface area (TPSA) is 37.3 Å². The molecule has 1 unspecified atom stereocenters. The van der Waals surface area contributed by atoms with Gasteiger partial charge in [0.1, 0.15) is 6.10 Å². The lowest BCUT2D eigenvalue weighted by Gasteiger charge is -2.09. The summed E-state index contributed by atoms with van der Waals surface area (Å²) in [6.07, 6.45) is 5.25. The molecule has 0 amide bonds. The van der Waals surface area contributed by atoms with Crippen LogP contribution in [-0.4, -0.2) is 17.0 Å². The molecule has 0 radical (unpaired) electrons. The summed E-state index contributed by atoms with van der Waals surface area (Å²) in [6.45, 7) is 0. The number of ketones is 1. The molecule has 2 nitrogen and oxygen atoms in total. The molecule has 0 heterocycles. The lowest BCUT2D eigenvalue weighted by molar-refractivity contribution is -0.127. The van der Waals surface area contributed by atoms with Crippen LogP contribution in [0.25, 0.3) is 0 Å². The fourth-order valence-electron chi connectivity index (χ4n) is 2.72. The van der Waals surface area contributed by atoms with Crippen LogP contribution < -0.4 is 0 Å². The monoisotopic (exact) mass is 230 g/mol. The maximum Gasteiger partial charge on any atom is 0.165 e. The molecule has 17 heavy (non-hydrogen) atoms. The second kappa shape index (κ2) is 4.26. The average Bonchev–Trinajstić information content (AvgIpc) is 3.07. The minimum absolute atomic E-state index is 0.00885. The minimum atomic E-state index is -0.719. The largest absolute Gasteiger partial charge is 0.385 e. The Bertz CT molecular complexity index is 446. The Labute approximate surface area is 102 Å². The van der Waals surface area contributed by atoms with E-state index in [0.29, 0.717) is 6.42 Å². The molecule has 0 spiro atoms. The molecule has 3 rings (SSSR count). The van der Waals surface area contributed by atoms with Gasteiger partial charge in [0.05, 0.1) is 0 Å². The van der Waals surface area contributed by atoms with Crippen molar-refractivity contribution in [1.29, 1.82) is 0 Å². The van der Waals surface area contributed by atoms with Gasteiger partial charge in [-0.25, -0.2) is 0 Å². The third-order valence-electron chi connectivity index (χ3n) is 3.94. The second-order valence-electron chi connectivity index (χ2n) is 5.38. The number of fused-ring (bicyclic) bond motifs is 1. The highest BCUT2D eigenvalue weighted by Gasteiger charge is 2.34. The van der Waals surface area contributed by atoms with Gasteiger partial charge in [0, 0.05) is 6.42 Å². The van der Waals surface area contributed by atoms with Gasteiger partial charge in [-0.2, -0.15) is 0 Å². The number of rotatable bonds is 4. The molecule has 0 aliphatic heterocycles. The van der Waals surface area contributed by atoms with Crippen molar-refractivity contribution in [3.05, 3.63) is 34.9 Å². The Morgan fingerprint density at radius 3 is 2.82 bits per heavy atom. The highest BCUT2D eigenvalue weighted by atomic mass is 16.3. The number of Topliss-reactive ketones (excluding diaryl/α,β-unsaturated/α-hetero) is 1. The lowest BCUT2D eigenvalue weighted by Crippen LogP contribution is -2.24. The molecule has 0 aromatic heterocycles. The highest BCUT2D eigenvalue weighted by molar-refractivity contribution is 5.85. The van der Waals surface area contributed by atoms with E-state index >= 15 is 0 Å². The standard InChI is InChI=1S/C15H18O2/c16-14(15(17)12-6-7-12)9-10-4-5-11-2-1-3-13(11)8-10/h4-5,8,12,15,17H,1-3,6-7,9H2. The van der Waals surface area contributed by atoms with Gasteiger partial charge in [0.15, 0.2) is 5.78 Å². The van der Waals surface area contributed by atoms with Gasteiger partial charge in [-0.05, 0) is 54.7 Å². The molecule has 1 atom stereocenters. The van der Waals surface area contributed by atoms with Crippen molar-refractivity contribution in [2.45, 2.75) is 44.6 Å². The smallest absolute Gasteiger partial charge is 0.165 e. The van der Waals surface area contributed by atoms with E-state index < -0.39 is 6.10 Å². The van der Waals surface area contributed by atoms with Crippen molar-refractivity contribution in [1.82, 2.24) is 0 Å². The Morgan fingerprint density at radius 2 is 2.06 bits per heavy atom. The fourth-order valence-corrected chi connectivity index (χ4v) is 2.72. The second-order valence-corrected chi connectivity index (χ2v) is 5.38. The molecule has 2 heteroatoms. The van der Waals surface area contributed by atoms with Gasteiger partial charge in [-0.1, -0.05) is 18.2 Å². The maximum atomic E-state index is 11.8. The van der Waals surface area contributed by atoms with Crippen LogP contribution >= 0.6 is 0 Å². The van der Waals surface area contributed by atoms with Crippen LogP contribution in [0.2, 0.25) is 0 Å². The summed E-state index contributed by atoms with van der Waals surface area (Å²) in [5, 5.41) is 9.76. The van der Waals surface area contributed by atoms with E-state index in [1.54, 1.807) is 0 Å². The number of carbonyl (C=O) groups is 1. The van der Waals surface area contributed by atoms with Crippen molar-refractivity contribution >= 4 is 5.78 Å². The Balaban J connectivity index is 1.70. The third-order valence-corrected chi connectivity index (χ3v) is 3.94. The van der Waals surface area contributed by atoms with Gasteiger partial charge < -0.3 is 5.11 Å². The highest BCUT2D eigenvalue weighted by Crippen LogP contribution is 2.33. The van der Waals surface area contributed by atoms with Gasteiger partial charge in [0.25, 0.3) is 0 Å². The first-order chi connectivity index (χ1) is 8.24. The summed E-state index contributed by atoms with van der Waals surface area (Å²) in [5.41, 5.74) is 3.90. The summed E-state index contributed by atoms with van der Waals surface area (Å²) < 4.78 is 0. The Kier molecular flexibility index (Phi) is 2.75. The number of carbonyl (C=O) groups excluding carboxylic acids is 1. The number of aliphatic hydroxyl groups is 1. The van der Waals surface area contributed by atoms with Gasteiger partial charge >= 0.3 is 0 Å². The van der Waals surface area contributed by atoms with Gasteiger partial charge in [-0.15, -0.1) is 0 Å². The van der Waals surface area contributed by atoms with Crippen LogP contribution in [0.1, 0.15) is 36.0 Å². The lowest BCUT2D eigenvalue weighted by atomic mass is 9.99. The molecular formula is C15H18O2. The van der Waals surface area contributed by atoms with Crippen molar-refractivity contribution < 1.29 is 9.90 Å². The molecule has 1 aromatic carbocycles. The molecule has 1 N–H and O–H groups in total. The number of aliphatic hydroxyl groups excluding tert-OH is 1. The van der Waals surface area contributed by atoms with Crippen LogP contribution in [0.5, 0.6) is 0 Å². The molecule has 90 valence electrons. The normalized spacial score (nSPS) is 20.1. The summed E-state index contributed by atoms with van der Waals surface area (Å²) >= 11 is 0. The first-order valence-corrected chi connectivity index (χ1v) is 6.55. The first kappa shape index (κ1) is 11.0. The fraction of sp³-hybridized carbons (Fsp3) is 0.533. The molecular weight excluding hydrogens is 212 g/mol. The predicted octanol–water partition coefficient (Wildman–Crippen LogP) is 2.06. The zero-order chi connectivity index (χ0) is 11.8. The minimum Gasteiger partial charge on any atom is -0.385 e. The SMILES string of the molecule is O=C(Cc1ccc2c(c1)CCC2)C(O)C1CC1. The number of benzene rings is 1. The van der Waals surface area contributed by atoms with Crippen LogP contribution in [-0.2, 0) is 24.1 Å². The zero-order valence-electron chi connectivity index (χ0n) is 9.98. The summed E-state index contributed by atoms with van der Waals surface area (Å²) in [5.74, 6) is 0.238. The Hall–Kier alpha value is -1.15. The molecule has 0 bridgehead atoms. The summed E-state index contributed by atoms with van der Waals surface area (Å²) in [7, 11) is 0. The summed E-state index contributed by atoms with van der Waals surface area (Å²) in [6, 6.07) is 6.34. The van der Waals surface area contributed by atoms with E-state index in [2.05, 4.69) is 12.1 Å². The van der Waals surface area contributed by atoms with Crippen molar-refractivity contribution in [2.75, 3.05) is 0 Å². The predicted molar refractivity (Wildman–Crippen MR) is 65.9 cm³/mol. The molecule has 2 aliphatic carbocycles. The summed E-state index contributed by atoms with van der Waals surface area (Å²) in [4.78, 5) is 11.8. The Morgan fingerprint density at radius 1 is 1.29 bits per heavy atom. The van der Waals surface area contributed by atoms with E-state index in [0.717, 1.165) is 24.8 Å². The number of hydrogen-bond acceptors (Lipinski definition) is 2. The van der Waals surface area contributed by atoms with Gasteiger partial charge in [0.2, 0.25) is 0 Å². The number of hydrogen-bond donors (Lipinski definition) is 1. The van der Waals surface area contributed by atoms with Crippen LogP contribution in [0.4, 0.5) is 0 Å². The van der Waals surface area contributed by atoms with E-state index in [1.807, 2.05) is 6.07 Å². The van der Waals surface area contributed by atoms with E-state index in [-0.39, 0.29) is 11.7 Å². The van der Waals surface area contributed by atoms with Crippen LogP contribution in [0.3, 0.4) is 0 Å².